The van der Waals surface area contributed by atoms with Crippen LogP contribution >= 0.6 is 0 Å². The van der Waals surface area contributed by atoms with Crippen LogP contribution < -0.4 is 14.2 Å². The fraction of sp³-hybridized carbons (Fsp3) is 0.474. The van der Waals surface area contributed by atoms with Crippen molar-refractivity contribution in [2.45, 2.75) is 59.9 Å². The Morgan fingerprint density at radius 3 is 1.59 bits per heavy atom. The Kier molecular flexibility index (Phi) is 5.17. The van der Waals surface area contributed by atoms with Gasteiger partial charge in [-0.15, -0.1) is 0 Å². The van der Waals surface area contributed by atoms with E-state index in [-0.39, 0.29) is 18.3 Å². The number of rotatable bonds is 6. The topological polar surface area (TPSA) is 27.7 Å². The first-order valence-corrected chi connectivity index (χ1v) is 7.93. The van der Waals surface area contributed by atoms with Gasteiger partial charge in [-0.3, -0.25) is 0 Å². The SMILES string of the molecule is CC(C)Oc1ccc2c(OC(C)C)ccc(OC(C)C)c2c1. The summed E-state index contributed by atoms with van der Waals surface area (Å²) < 4.78 is 17.7. The van der Waals surface area contributed by atoms with Gasteiger partial charge in [-0.25, -0.2) is 0 Å². The Morgan fingerprint density at radius 2 is 1.09 bits per heavy atom. The summed E-state index contributed by atoms with van der Waals surface area (Å²) in [5, 5.41) is 2.06. The van der Waals surface area contributed by atoms with E-state index in [9.17, 15) is 0 Å². The van der Waals surface area contributed by atoms with Crippen LogP contribution in [0.1, 0.15) is 41.5 Å². The molecular weight excluding hydrogens is 276 g/mol. The maximum atomic E-state index is 5.94. The highest BCUT2D eigenvalue weighted by molar-refractivity contribution is 5.94. The summed E-state index contributed by atoms with van der Waals surface area (Å²) in [6.45, 7) is 12.2. The Morgan fingerprint density at radius 1 is 0.591 bits per heavy atom. The lowest BCUT2D eigenvalue weighted by Gasteiger charge is -2.18. The third kappa shape index (κ3) is 4.06. The molecule has 0 amide bonds. The molecule has 0 radical (unpaired) electrons. The molecular formula is C19H26O3. The molecule has 0 bridgehead atoms. The molecule has 2 aromatic carbocycles. The average Bonchev–Trinajstić information content (AvgIpc) is 2.40. The van der Waals surface area contributed by atoms with Crippen LogP contribution in [0.2, 0.25) is 0 Å². The fourth-order valence-corrected chi connectivity index (χ4v) is 2.33. The van der Waals surface area contributed by atoms with Crippen LogP contribution in [0.5, 0.6) is 17.2 Å². The summed E-state index contributed by atoms with van der Waals surface area (Å²) in [7, 11) is 0. The zero-order chi connectivity index (χ0) is 16.3. The number of hydrogen-bond donors (Lipinski definition) is 0. The molecule has 0 fully saturated rings. The van der Waals surface area contributed by atoms with Crippen LogP contribution in [0.4, 0.5) is 0 Å². The molecule has 3 heteroatoms. The van der Waals surface area contributed by atoms with E-state index in [0.29, 0.717) is 0 Å². The van der Waals surface area contributed by atoms with Crippen LogP contribution in [0.3, 0.4) is 0 Å². The molecule has 0 saturated heterocycles. The van der Waals surface area contributed by atoms with Crippen molar-refractivity contribution in [3.63, 3.8) is 0 Å². The van der Waals surface area contributed by atoms with Gasteiger partial charge in [0.15, 0.2) is 0 Å². The maximum absolute atomic E-state index is 5.94. The fourth-order valence-electron chi connectivity index (χ4n) is 2.33. The molecule has 0 spiro atoms. The first-order valence-electron chi connectivity index (χ1n) is 7.93. The zero-order valence-corrected chi connectivity index (χ0v) is 14.3. The quantitative estimate of drug-likeness (QED) is 0.734. The summed E-state index contributed by atoms with van der Waals surface area (Å²) in [5.41, 5.74) is 0. The molecule has 0 aliphatic carbocycles. The van der Waals surface area contributed by atoms with Gasteiger partial charge < -0.3 is 14.2 Å². The van der Waals surface area contributed by atoms with Gasteiger partial charge in [0.1, 0.15) is 17.2 Å². The van der Waals surface area contributed by atoms with Gasteiger partial charge >= 0.3 is 0 Å². The lowest BCUT2D eigenvalue weighted by molar-refractivity contribution is 0.237. The van der Waals surface area contributed by atoms with Crippen LogP contribution in [0.25, 0.3) is 10.8 Å². The summed E-state index contributed by atoms with van der Waals surface area (Å²) in [6.07, 6.45) is 0.392. The van der Waals surface area contributed by atoms with Crippen LogP contribution in [-0.2, 0) is 0 Å². The molecule has 0 aliphatic rings. The van der Waals surface area contributed by atoms with Gasteiger partial charge in [-0.1, -0.05) is 0 Å². The van der Waals surface area contributed by atoms with Gasteiger partial charge in [0.25, 0.3) is 0 Å². The van der Waals surface area contributed by atoms with E-state index in [2.05, 4.69) is 0 Å². The van der Waals surface area contributed by atoms with E-state index in [1.54, 1.807) is 0 Å². The van der Waals surface area contributed by atoms with E-state index in [4.69, 9.17) is 14.2 Å². The lowest BCUT2D eigenvalue weighted by atomic mass is 10.1. The molecule has 2 rings (SSSR count). The number of fused-ring (bicyclic) bond motifs is 1. The maximum Gasteiger partial charge on any atom is 0.127 e. The van der Waals surface area contributed by atoms with Crippen LogP contribution in [-0.4, -0.2) is 18.3 Å². The van der Waals surface area contributed by atoms with E-state index in [1.165, 1.54) is 0 Å². The molecule has 120 valence electrons. The molecule has 22 heavy (non-hydrogen) atoms. The first-order chi connectivity index (χ1) is 10.4. The lowest BCUT2D eigenvalue weighted by Crippen LogP contribution is -2.09. The van der Waals surface area contributed by atoms with Crippen LogP contribution in [0, 0.1) is 0 Å². The molecule has 3 nitrogen and oxygen atoms in total. The number of benzene rings is 2. The van der Waals surface area contributed by atoms with Gasteiger partial charge in [-0.2, -0.15) is 0 Å². The van der Waals surface area contributed by atoms with E-state index < -0.39 is 0 Å². The van der Waals surface area contributed by atoms with Crippen molar-refractivity contribution < 1.29 is 14.2 Å². The highest BCUT2D eigenvalue weighted by Gasteiger charge is 2.12. The van der Waals surface area contributed by atoms with Crippen LogP contribution in [0.15, 0.2) is 30.3 Å². The summed E-state index contributed by atoms with van der Waals surface area (Å²) in [6, 6.07) is 10.00. The molecule has 0 unspecified atom stereocenters. The average molecular weight is 302 g/mol. The largest absolute Gasteiger partial charge is 0.491 e. The van der Waals surface area contributed by atoms with Crippen molar-refractivity contribution in [1.82, 2.24) is 0 Å². The Hall–Kier alpha value is -1.90. The van der Waals surface area contributed by atoms with Crippen molar-refractivity contribution in [1.29, 1.82) is 0 Å². The predicted molar refractivity (Wildman–Crippen MR) is 91.2 cm³/mol. The highest BCUT2D eigenvalue weighted by atomic mass is 16.5. The minimum absolute atomic E-state index is 0.120. The second-order valence-corrected chi connectivity index (χ2v) is 6.27. The van der Waals surface area contributed by atoms with Crippen molar-refractivity contribution in [3.05, 3.63) is 30.3 Å². The monoisotopic (exact) mass is 302 g/mol. The van der Waals surface area contributed by atoms with Crippen molar-refractivity contribution >= 4 is 10.8 Å². The third-order valence-corrected chi connectivity index (χ3v) is 3.01. The minimum atomic E-state index is 0.120. The van der Waals surface area contributed by atoms with E-state index in [1.807, 2.05) is 71.9 Å². The second kappa shape index (κ2) is 6.91. The second-order valence-electron chi connectivity index (χ2n) is 6.27. The van der Waals surface area contributed by atoms with Gasteiger partial charge in [0.2, 0.25) is 0 Å². The zero-order valence-electron chi connectivity index (χ0n) is 14.3. The van der Waals surface area contributed by atoms with Crippen molar-refractivity contribution in [3.8, 4) is 17.2 Å². The number of hydrogen-bond acceptors (Lipinski definition) is 3. The molecule has 0 aliphatic heterocycles. The molecule has 2 aromatic rings. The Bertz CT molecular complexity index is 630. The standard InChI is InChI=1S/C19H26O3/c1-12(2)20-15-7-8-16-17(11-15)19(22-14(5)6)10-9-18(16)21-13(3)4/h7-14H,1-6H3. The normalized spacial score (nSPS) is 11.5. The first kappa shape index (κ1) is 16.5. The van der Waals surface area contributed by atoms with Gasteiger partial charge in [0.05, 0.1) is 18.3 Å². The van der Waals surface area contributed by atoms with Crippen molar-refractivity contribution in [2.24, 2.45) is 0 Å². The minimum Gasteiger partial charge on any atom is -0.491 e. The molecule has 0 aromatic heterocycles. The molecule has 0 saturated carbocycles. The molecule has 0 atom stereocenters. The number of ether oxygens (including phenoxy) is 3. The highest BCUT2D eigenvalue weighted by Crippen LogP contribution is 2.36. The Labute approximate surface area is 133 Å². The van der Waals surface area contributed by atoms with Gasteiger partial charge in [0, 0.05) is 10.8 Å². The van der Waals surface area contributed by atoms with Gasteiger partial charge in [-0.05, 0) is 71.9 Å². The predicted octanol–water partition coefficient (Wildman–Crippen LogP) is 5.20. The molecule has 0 heterocycles. The van der Waals surface area contributed by atoms with Crippen molar-refractivity contribution in [2.75, 3.05) is 0 Å². The Balaban J connectivity index is 2.54. The summed E-state index contributed by atoms with van der Waals surface area (Å²) >= 11 is 0. The summed E-state index contributed by atoms with van der Waals surface area (Å²) in [4.78, 5) is 0. The summed E-state index contributed by atoms with van der Waals surface area (Å²) in [5.74, 6) is 2.57. The third-order valence-electron chi connectivity index (χ3n) is 3.01. The smallest absolute Gasteiger partial charge is 0.127 e. The van der Waals surface area contributed by atoms with E-state index >= 15 is 0 Å². The molecule has 0 N–H and O–H groups in total. The van der Waals surface area contributed by atoms with E-state index in [0.717, 1.165) is 28.0 Å².